The lowest BCUT2D eigenvalue weighted by Gasteiger charge is -2.34. The van der Waals surface area contributed by atoms with Crippen molar-refractivity contribution >= 4 is 21.8 Å². The Morgan fingerprint density at radius 1 is 1.04 bits per heavy atom. The molecule has 1 fully saturated rings. The summed E-state index contributed by atoms with van der Waals surface area (Å²) < 4.78 is 27.6. The van der Waals surface area contributed by atoms with Gasteiger partial charge in [0.2, 0.25) is 16.0 Å². The molecule has 3 rings (SSSR count). The van der Waals surface area contributed by atoms with Crippen molar-refractivity contribution in [2.75, 3.05) is 42.9 Å². The molecule has 0 atom stereocenters. The number of hydrogen-bond acceptors (Lipinski definition) is 6. The normalized spacial score (nSPS) is 15.8. The lowest BCUT2D eigenvalue weighted by atomic mass is 10.2. The fourth-order valence-electron chi connectivity index (χ4n) is 3.32. The van der Waals surface area contributed by atoms with Crippen molar-refractivity contribution in [3.05, 3.63) is 41.1 Å². The highest BCUT2D eigenvalue weighted by molar-refractivity contribution is 7.89. The van der Waals surface area contributed by atoms with E-state index >= 15 is 0 Å². The number of aryl methyl sites for hydroxylation is 3. The monoisotopic (exact) mass is 389 g/mol. The molecule has 27 heavy (non-hydrogen) atoms. The predicted molar refractivity (Wildman–Crippen MR) is 108 cm³/mol. The molecule has 1 aromatic carbocycles. The number of hydrogen-bond donors (Lipinski definition) is 1. The fraction of sp³-hybridized carbons (Fsp3) is 0.474. The first-order chi connectivity index (χ1) is 12.8. The number of nitrogens with zero attached hydrogens (tertiary/aromatic N) is 4. The van der Waals surface area contributed by atoms with Gasteiger partial charge in [-0.1, -0.05) is 17.7 Å². The molecule has 0 spiro atoms. The van der Waals surface area contributed by atoms with Crippen LogP contribution < -0.4 is 10.2 Å². The standard InChI is InChI=1S/C19H27N5O2S/c1-5-20-18-13-16(4)21-19(22-18)23-8-10-24(11-9-23)27(25,26)17-7-6-14(2)12-15(17)3/h6-7,12-13H,5,8-11H2,1-4H3,(H,20,21,22). The van der Waals surface area contributed by atoms with Crippen LogP contribution >= 0.6 is 0 Å². The van der Waals surface area contributed by atoms with Crippen LogP contribution in [-0.4, -0.2) is 55.4 Å². The molecule has 2 aromatic rings. The Kier molecular flexibility index (Phi) is 5.67. The maximum absolute atomic E-state index is 13.0. The van der Waals surface area contributed by atoms with Gasteiger partial charge in [0.05, 0.1) is 4.90 Å². The smallest absolute Gasteiger partial charge is 0.243 e. The third kappa shape index (κ3) is 4.22. The molecule has 0 bridgehead atoms. The molecule has 146 valence electrons. The van der Waals surface area contributed by atoms with Crippen molar-refractivity contribution in [3.63, 3.8) is 0 Å². The molecular formula is C19H27N5O2S. The van der Waals surface area contributed by atoms with E-state index in [1.165, 1.54) is 0 Å². The van der Waals surface area contributed by atoms with Crippen LogP contribution in [-0.2, 0) is 10.0 Å². The van der Waals surface area contributed by atoms with Crippen LogP contribution in [0, 0.1) is 20.8 Å². The molecule has 1 saturated heterocycles. The predicted octanol–water partition coefficient (Wildman–Crippen LogP) is 2.34. The molecule has 2 heterocycles. The second kappa shape index (κ2) is 7.82. The summed E-state index contributed by atoms with van der Waals surface area (Å²) in [6, 6.07) is 7.37. The quantitative estimate of drug-likeness (QED) is 0.846. The van der Waals surface area contributed by atoms with Gasteiger partial charge in [-0.25, -0.2) is 13.4 Å². The molecule has 0 saturated carbocycles. The first-order valence-corrected chi connectivity index (χ1v) is 10.7. The molecule has 1 aromatic heterocycles. The summed E-state index contributed by atoms with van der Waals surface area (Å²) in [7, 11) is -3.49. The van der Waals surface area contributed by atoms with Crippen LogP contribution in [0.2, 0.25) is 0 Å². The maximum Gasteiger partial charge on any atom is 0.243 e. The topological polar surface area (TPSA) is 78.4 Å². The minimum Gasteiger partial charge on any atom is -0.370 e. The van der Waals surface area contributed by atoms with Gasteiger partial charge < -0.3 is 10.2 Å². The van der Waals surface area contributed by atoms with Crippen LogP contribution in [0.25, 0.3) is 0 Å². The number of piperazine rings is 1. The summed E-state index contributed by atoms with van der Waals surface area (Å²) >= 11 is 0. The molecule has 7 nitrogen and oxygen atoms in total. The highest BCUT2D eigenvalue weighted by Gasteiger charge is 2.30. The van der Waals surface area contributed by atoms with Gasteiger partial charge in [-0.15, -0.1) is 0 Å². The lowest BCUT2D eigenvalue weighted by molar-refractivity contribution is 0.382. The highest BCUT2D eigenvalue weighted by atomic mass is 32.2. The van der Waals surface area contributed by atoms with E-state index in [0.717, 1.165) is 29.2 Å². The first kappa shape index (κ1) is 19.6. The van der Waals surface area contributed by atoms with E-state index in [4.69, 9.17) is 0 Å². The maximum atomic E-state index is 13.0. The van der Waals surface area contributed by atoms with E-state index in [2.05, 4.69) is 15.3 Å². The van der Waals surface area contributed by atoms with Crippen LogP contribution in [0.15, 0.2) is 29.2 Å². The van der Waals surface area contributed by atoms with Gasteiger partial charge in [-0.2, -0.15) is 9.29 Å². The van der Waals surface area contributed by atoms with Crippen LogP contribution in [0.3, 0.4) is 0 Å². The third-order valence-electron chi connectivity index (χ3n) is 4.67. The first-order valence-electron chi connectivity index (χ1n) is 9.23. The van der Waals surface area contributed by atoms with Gasteiger partial charge in [0.25, 0.3) is 0 Å². The zero-order valence-corrected chi connectivity index (χ0v) is 17.2. The van der Waals surface area contributed by atoms with Gasteiger partial charge >= 0.3 is 0 Å². The molecule has 8 heteroatoms. The Bertz CT molecular complexity index is 922. The van der Waals surface area contributed by atoms with Crippen LogP contribution in [0.5, 0.6) is 0 Å². The second-order valence-corrected chi connectivity index (χ2v) is 8.79. The van der Waals surface area contributed by atoms with E-state index in [9.17, 15) is 8.42 Å². The minimum atomic E-state index is -3.49. The Morgan fingerprint density at radius 2 is 1.74 bits per heavy atom. The van der Waals surface area contributed by atoms with Crippen molar-refractivity contribution < 1.29 is 8.42 Å². The molecule has 0 amide bonds. The molecule has 1 N–H and O–H groups in total. The zero-order valence-electron chi connectivity index (χ0n) is 16.4. The third-order valence-corrected chi connectivity index (χ3v) is 6.73. The summed E-state index contributed by atoms with van der Waals surface area (Å²) in [6.45, 7) is 10.5. The fourth-order valence-corrected chi connectivity index (χ4v) is 4.95. The van der Waals surface area contributed by atoms with Gasteiger partial charge in [0.15, 0.2) is 0 Å². The zero-order chi connectivity index (χ0) is 19.6. The Hall–Kier alpha value is -2.19. The van der Waals surface area contributed by atoms with Crippen molar-refractivity contribution in [2.45, 2.75) is 32.6 Å². The largest absolute Gasteiger partial charge is 0.370 e. The van der Waals surface area contributed by atoms with Crippen LogP contribution in [0.1, 0.15) is 23.7 Å². The van der Waals surface area contributed by atoms with E-state index < -0.39 is 10.0 Å². The summed E-state index contributed by atoms with van der Waals surface area (Å²) in [5, 5.41) is 3.21. The highest BCUT2D eigenvalue weighted by Crippen LogP contribution is 2.23. The van der Waals surface area contributed by atoms with Crippen LogP contribution in [0.4, 0.5) is 11.8 Å². The van der Waals surface area contributed by atoms with E-state index in [1.807, 2.05) is 50.8 Å². The van der Waals surface area contributed by atoms with Crippen molar-refractivity contribution in [2.24, 2.45) is 0 Å². The van der Waals surface area contributed by atoms with E-state index in [-0.39, 0.29) is 0 Å². The molecular weight excluding hydrogens is 362 g/mol. The number of nitrogens with one attached hydrogen (secondary N) is 1. The lowest BCUT2D eigenvalue weighted by Crippen LogP contribution is -2.49. The van der Waals surface area contributed by atoms with E-state index in [0.29, 0.717) is 37.0 Å². The minimum absolute atomic E-state index is 0.391. The molecule has 1 aliphatic rings. The van der Waals surface area contributed by atoms with E-state index in [1.54, 1.807) is 10.4 Å². The Morgan fingerprint density at radius 3 is 2.37 bits per heavy atom. The summed E-state index contributed by atoms with van der Waals surface area (Å²) in [6.07, 6.45) is 0. The molecule has 0 unspecified atom stereocenters. The van der Waals surface area contributed by atoms with Gasteiger partial charge in [0, 0.05) is 44.5 Å². The Balaban J connectivity index is 1.75. The number of anilines is 2. The Labute approximate surface area is 161 Å². The number of aromatic nitrogens is 2. The molecule has 1 aliphatic heterocycles. The average Bonchev–Trinajstić information content (AvgIpc) is 2.61. The van der Waals surface area contributed by atoms with Crippen molar-refractivity contribution in [3.8, 4) is 0 Å². The molecule has 0 aliphatic carbocycles. The summed E-state index contributed by atoms with van der Waals surface area (Å²) in [5.41, 5.74) is 2.74. The summed E-state index contributed by atoms with van der Waals surface area (Å²) in [5.74, 6) is 1.44. The summed E-state index contributed by atoms with van der Waals surface area (Å²) in [4.78, 5) is 11.5. The van der Waals surface area contributed by atoms with Crippen molar-refractivity contribution in [1.82, 2.24) is 14.3 Å². The van der Waals surface area contributed by atoms with Gasteiger partial charge in [-0.3, -0.25) is 0 Å². The second-order valence-electron chi connectivity index (χ2n) is 6.88. The SMILES string of the molecule is CCNc1cc(C)nc(N2CCN(S(=O)(=O)c3ccc(C)cc3C)CC2)n1. The number of sulfonamides is 1. The number of benzene rings is 1. The van der Waals surface area contributed by atoms with Gasteiger partial charge in [-0.05, 0) is 39.3 Å². The average molecular weight is 390 g/mol. The van der Waals surface area contributed by atoms with Crippen molar-refractivity contribution in [1.29, 1.82) is 0 Å². The molecule has 0 radical (unpaired) electrons. The van der Waals surface area contributed by atoms with Gasteiger partial charge in [0.1, 0.15) is 5.82 Å². The number of rotatable bonds is 5.